The Bertz CT molecular complexity index is 1260. The number of nitrogens with one attached hydrogen (secondary N) is 1. The summed E-state index contributed by atoms with van der Waals surface area (Å²) in [5.74, 6) is -0.933. The van der Waals surface area contributed by atoms with E-state index in [-0.39, 0.29) is 39.1 Å². The highest BCUT2D eigenvalue weighted by molar-refractivity contribution is 7.99. The van der Waals surface area contributed by atoms with E-state index in [1.165, 1.54) is 17.3 Å². The van der Waals surface area contributed by atoms with Crippen LogP contribution in [0.4, 0.5) is 5.00 Å². The molecular weight excluding hydrogens is 486 g/mol. The van der Waals surface area contributed by atoms with Crippen LogP contribution >= 0.6 is 23.1 Å². The van der Waals surface area contributed by atoms with E-state index in [0.29, 0.717) is 16.5 Å². The molecule has 0 radical (unpaired) electrons. The van der Waals surface area contributed by atoms with E-state index in [1.807, 2.05) is 23.7 Å². The number of nitrogens with two attached hydrogens (primary N) is 1. The van der Waals surface area contributed by atoms with Gasteiger partial charge in [-0.25, -0.2) is 4.79 Å². The standard InChI is InChI=1S/C24H29N5O4S2/c1-7-33-22(32)17-13(2)18(19(25)31)35-21(17)26-16(30)12-34-23-28-27-20(29(23)6)14-8-10-15(11-9-14)24(3,4)5/h8-11H,7,12H2,1-6H3,(H2,25,31)(H,26,30). The van der Waals surface area contributed by atoms with Crippen LogP contribution in [0.2, 0.25) is 0 Å². The van der Waals surface area contributed by atoms with E-state index in [9.17, 15) is 14.4 Å². The summed E-state index contributed by atoms with van der Waals surface area (Å²) in [4.78, 5) is 37.0. The maximum atomic E-state index is 12.7. The van der Waals surface area contributed by atoms with Crippen LogP contribution in [0.1, 0.15) is 58.9 Å². The number of nitrogens with zero attached hydrogens (tertiary/aromatic N) is 3. The number of rotatable bonds is 8. The second-order valence-electron chi connectivity index (χ2n) is 8.87. The highest BCUT2D eigenvalue weighted by Crippen LogP contribution is 2.34. The first kappa shape index (κ1) is 26.4. The number of carbonyl (C=O) groups is 3. The average molecular weight is 516 g/mol. The third kappa shape index (κ3) is 5.91. The number of thiophene rings is 1. The molecule has 0 unspecified atom stereocenters. The molecule has 0 saturated carbocycles. The zero-order valence-electron chi connectivity index (χ0n) is 20.6. The number of hydrogen-bond donors (Lipinski definition) is 2. The summed E-state index contributed by atoms with van der Waals surface area (Å²) in [5.41, 5.74) is 8.15. The van der Waals surface area contributed by atoms with Crippen molar-refractivity contribution in [2.45, 2.75) is 45.2 Å². The number of anilines is 1. The zero-order valence-corrected chi connectivity index (χ0v) is 22.2. The molecule has 11 heteroatoms. The molecule has 3 N–H and O–H groups in total. The zero-order chi connectivity index (χ0) is 25.9. The number of aromatic nitrogens is 3. The number of primary amides is 1. The minimum Gasteiger partial charge on any atom is -0.462 e. The fourth-order valence-corrected chi connectivity index (χ4v) is 5.16. The summed E-state index contributed by atoms with van der Waals surface area (Å²) in [7, 11) is 1.84. The van der Waals surface area contributed by atoms with Gasteiger partial charge in [0.05, 0.1) is 22.8 Å². The van der Waals surface area contributed by atoms with Crippen LogP contribution in [0, 0.1) is 6.92 Å². The summed E-state index contributed by atoms with van der Waals surface area (Å²) in [6.07, 6.45) is 0. The molecule has 0 aliphatic carbocycles. The van der Waals surface area contributed by atoms with Crippen molar-refractivity contribution in [3.05, 3.63) is 45.8 Å². The van der Waals surface area contributed by atoms with Crippen LogP contribution in [0.3, 0.4) is 0 Å². The van der Waals surface area contributed by atoms with Gasteiger partial charge in [-0.3, -0.25) is 9.59 Å². The van der Waals surface area contributed by atoms with E-state index in [0.717, 1.165) is 16.9 Å². The van der Waals surface area contributed by atoms with Gasteiger partial charge in [0.25, 0.3) is 5.91 Å². The highest BCUT2D eigenvalue weighted by atomic mass is 32.2. The minimum absolute atomic E-state index is 0.0278. The molecule has 0 fully saturated rings. The molecule has 0 bridgehead atoms. The Morgan fingerprint density at radius 1 is 1.17 bits per heavy atom. The van der Waals surface area contributed by atoms with Gasteiger partial charge in [0.2, 0.25) is 5.91 Å². The van der Waals surface area contributed by atoms with Crippen LogP contribution in [0.5, 0.6) is 0 Å². The van der Waals surface area contributed by atoms with E-state index in [1.54, 1.807) is 13.8 Å². The van der Waals surface area contributed by atoms with Crippen molar-refractivity contribution in [1.29, 1.82) is 0 Å². The number of ether oxygens (including phenoxy) is 1. The van der Waals surface area contributed by atoms with E-state index < -0.39 is 11.9 Å². The first-order valence-corrected chi connectivity index (χ1v) is 12.8. The number of carbonyl (C=O) groups excluding carboxylic acids is 3. The number of esters is 1. The lowest BCUT2D eigenvalue weighted by atomic mass is 9.87. The van der Waals surface area contributed by atoms with Crippen molar-refractivity contribution < 1.29 is 19.1 Å². The number of thioether (sulfide) groups is 1. The molecule has 3 rings (SSSR count). The lowest BCUT2D eigenvalue weighted by molar-refractivity contribution is -0.113. The Balaban J connectivity index is 1.72. The fraction of sp³-hybridized carbons (Fsp3) is 0.375. The lowest BCUT2D eigenvalue weighted by Gasteiger charge is -2.19. The monoisotopic (exact) mass is 515 g/mol. The molecule has 1 aromatic carbocycles. The Hall–Kier alpha value is -3.18. The molecule has 2 heterocycles. The van der Waals surface area contributed by atoms with Crippen LogP contribution in [0.25, 0.3) is 11.4 Å². The molecule has 0 spiro atoms. The lowest BCUT2D eigenvalue weighted by Crippen LogP contribution is -2.17. The van der Waals surface area contributed by atoms with E-state index >= 15 is 0 Å². The highest BCUT2D eigenvalue weighted by Gasteiger charge is 2.26. The maximum Gasteiger partial charge on any atom is 0.341 e. The van der Waals surface area contributed by atoms with Gasteiger partial charge in [-0.2, -0.15) is 0 Å². The number of hydrogen-bond acceptors (Lipinski definition) is 8. The van der Waals surface area contributed by atoms with Gasteiger partial charge in [0, 0.05) is 12.6 Å². The Morgan fingerprint density at radius 3 is 2.40 bits per heavy atom. The van der Waals surface area contributed by atoms with Gasteiger partial charge < -0.3 is 20.4 Å². The number of benzene rings is 1. The van der Waals surface area contributed by atoms with Crippen molar-refractivity contribution in [3.63, 3.8) is 0 Å². The average Bonchev–Trinajstić information content (AvgIpc) is 3.31. The maximum absolute atomic E-state index is 12.7. The molecule has 0 aliphatic heterocycles. The molecule has 9 nitrogen and oxygen atoms in total. The summed E-state index contributed by atoms with van der Waals surface area (Å²) < 4.78 is 6.91. The van der Waals surface area contributed by atoms with Gasteiger partial charge in [-0.15, -0.1) is 21.5 Å². The van der Waals surface area contributed by atoms with Gasteiger partial charge in [0.15, 0.2) is 11.0 Å². The largest absolute Gasteiger partial charge is 0.462 e. The quantitative estimate of drug-likeness (QED) is 0.340. The van der Waals surface area contributed by atoms with Gasteiger partial charge >= 0.3 is 5.97 Å². The smallest absolute Gasteiger partial charge is 0.341 e. The minimum atomic E-state index is -0.671. The summed E-state index contributed by atoms with van der Waals surface area (Å²) >= 11 is 2.17. The second-order valence-corrected chi connectivity index (χ2v) is 10.8. The van der Waals surface area contributed by atoms with Crippen molar-refractivity contribution in [2.24, 2.45) is 12.8 Å². The van der Waals surface area contributed by atoms with E-state index in [4.69, 9.17) is 10.5 Å². The molecule has 186 valence electrons. The fourth-order valence-electron chi connectivity index (χ4n) is 3.39. The molecule has 3 aromatic rings. The second kappa shape index (κ2) is 10.6. The Labute approximate surface area is 212 Å². The first-order valence-electron chi connectivity index (χ1n) is 11.0. The molecular formula is C24H29N5O4S2. The molecule has 0 atom stereocenters. The third-order valence-electron chi connectivity index (χ3n) is 5.28. The predicted molar refractivity (Wildman–Crippen MR) is 138 cm³/mol. The first-order chi connectivity index (χ1) is 16.4. The normalized spacial score (nSPS) is 11.4. The van der Waals surface area contributed by atoms with Crippen LogP contribution in [-0.4, -0.2) is 44.9 Å². The molecule has 2 amide bonds. The summed E-state index contributed by atoms with van der Waals surface area (Å²) in [6, 6.07) is 8.18. The number of amides is 2. The summed E-state index contributed by atoms with van der Waals surface area (Å²) in [6.45, 7) is 9.92. The van der Waals surface area contributed by atoms with Gasteiger partial charge in [-0.1, -0.05) is 56.8 Å². The summed E-state index contributed by atoms with van der Waals surface area (Å²) in [5, 5.41) is 12.0. The van der Waals surface area contributed by atoms with Crippen molar-refractivity contribution in [2.75, 3.05) is 17.7 Å². The molecule has 0 aliphatic rings. The van der Waals surface area contributed by atoms with Gasteiger partial charge in [-0.05, 0) is 30.4 Å². The molecule has 35 heavy (non-hydrogen) atoms. The Kier molecular flexibility index (Phi) is 8.01. The van der Waals surface area contributed by atoms with Crippen molar-refractivity contribution >= 4 is 45.9 Å². The van der Waals surface area contributed by atoms with Crippen LogP contribution in [-0.2, 0) is 22.0 Å². The van der Waals surface area contributed by atoms with Crippen molar-refractivity contribution in [1.82, 2.24) is 14.8 Å². The molecule has 2 aromatic heterocycles. The van der Waals surface area contributed by atoms with Crippen molar-refractivity contribution in [3.8, 4) is 11.4 Å². The predicted octanol–water partition coefficient (Wildman–Crippen LogP) is 4.16. The third-order valence-corrected chi connectivity index (χ3v) is 7.52. The van der Waals surface area contributed by atoms with E-state index in [2.05, 4.69) is 48.4 Å². The molecule has 0 saturated heterocycles. The SMILES string of the molecule is CCOC(=O)c1c(NC(=O)CSc2nnc(-c3ccc(C(C)(C)C)cc3)n2C)sc(C(N)=O)c1C. The van der Waals surface area contributed by atoms with Crippen LogP contribution < -0.4 is 11.1 Å². The van der Waals surface area contributed by atoms with Crippen LogP contribution in [0.15, 0.2) is 29.4 Å². The van der Waals surface area contributed by atoms with Gasteiger partial charge in [0.1, 0.15) is 5.00 Å². The Morgan fingerprint density at radius 2 is 1.83 bits per heavy atom. The topological polar surface area (TPSA) is 129 Å².